The van der Waals surface area contributed by atoms with Gasteiger partial charge in [-0.15, -0.1) is 0 Å². The standard InChI is InChI=1S/C18H11ClF3IN2O2/c1-9-7-11(23)5-6-13(9)25-16(26)14(19)15(17(25)27)24-12-4-2-3-10(8-12)18(20,21)22/h2-8,24H,1H3. The number of aryl methyl sites for hydroxylation is 1. The lowest BCUT2D eigenvalue weighted by molar-refractivity contribution is -0.137. The molecule has 4 nitrogen and oxygen atoms in total. The number of imide groups is 1. The lowest BCUT2D eigenvalue weighted by atomic mass is 10.2. The molecule has 0 atom stereocenters. The second kappa shape index (κ2) is 7.16. The van der Waals surface area contributed by atoms with E-state index in [1.54, 1.807) is 25.1 Å². The van der Waals surface area contributed by atoms with Crippen molar-refractivity contribution in [2.75, 3.05) is 10.2 Å². The van der Waals surface area contributed by atoms with Crippen LogP contribution in [0.25, 0.3) is 0 Å². The highest BCUT2D eigenvalue weighted by Crippen LogP contribution is 2.34. The lowest BCUT2D eigenvalue weighted by Gasteiger charge is -2.18. The molecule has 2 aromatic carbocycles. The number of hydrogen-bond acceptors (Lipinski definition) is 3. The maximum atomic E-state index is 12.9. The van der Waals surface area contributed by atoms with Crippen LogP contribution in [-0.2, 0) is 15.8 Å². The van der Waals surface area contributed by atoms with E-state index in [0.717, 1.165) is 20.6 Å². The summed E-state index contributed by atoms with van der Waals surface area (Å²) in [6.07, 6.45) is -4.53. The molecule has 1 aliphatic heterocycles. The van der Waals surface area contributed by atoms with E-state index in [-0.39, 0.29) is 16.4 Å². The first-order valence-electron chi connectivity index (χ1n) is 7.58. The number of halogens is 5. The number of rotatable bonds is 3. The topological polar surface area (TPSA) is 49.4 Å². The summed E-state index contributed by atoms with van der Waals surface area (Å²) < 4.78 is 39.5. The number of alkyl halides is 3. The number of amides is 2. The molecule has 0 unspecified atom stereocenters. The Balaban J connectivity index is 1.93. The van der Waals surface area contributed by atoms with Crippen LogP contribution in [0.15, 0.2) is 53.2 Å². The Kier molecular flexibility index (Phi) is 5.22. The molecular formula is C18H11ClF3IN2O2. The molecule has 0 spiro atoms. The van der Waals surface area contributed by atoms with Gasteiger partial charge in [0.25, 0.3) is 11.8 Å². The minimum Gasteiger partial charge on any atom is -0.350 e. The normalized spacial score (nSPS) is 15.0. The predicted molar refractivity (Wildman–Crippen MR) is 104 cm³/mol. The summed E-state index contributed by atoms with van der Waals surface area (Å²) in [5, 5.41) is 2.17. The highest BCUT2D eigenvalue weighted by molar-refractivity contribution is 14.1. The molecular weight excluding hydrogens is 496 g/mol. The third-order valence-electron chi connectivity index (χ3n) is 3.89. The second-order valence-corrected chi connectivity index (χ2v) is 7.39. The van der Waals surface area contributed by atoms with Gasteiger partial charge in [0.2, 0.25) is 0 Å². The maximum absolute atomic E-state index is 12.9. The average molecular weight is 507 g/mol. The van der Waals surface area contributed by atoms with E-state index in [1.807, 2.05) is 0 Å². The van der Waals surface area contributed by atoms with Crippen molar-refractivity contribution in [1.29, 1.82) is 0 Å². The van der Waals surface area contributed by atoms with Crippen molar-refractivity contribution in [2.24, 2.45) is 0 Å². The van der Waals surface area contributed by atoms with Gasteiger partial charge in [0.15, 0.2) is 0 Å². The van der Waals surface area contributed by atoms with E-state index >= 15 is 0 Å². The molecule has 1 N–H and O–H groups in total. The molecule has 140 valence electrons. The fourth-order valence-electron chi connectivity index (χ4n) is 2.62. The number of nitrogens with one attached hydrogen (secondary N) is 1. The second-order valence-electron chi connectivity index (χ2n) is 5.77. The van der Waals surface area contributed by atoms with Gasteiger partial charge in [-0.25, -0.2) is 4.90 Å². The minimum absolute atomic E-state index is 0.000284. The van der Waals surface area contributed by atoms with Crippen LogP contribution in [-0.4, -0.2) is 11.8 Å². The molecule has 3 rings (SSSR count). The zero-order chi connectivity index (χ0) is 19.9. The summed E-state index contributed by atoms with van der Waals surface area (Å²) in [4.78, 5) is 26.1. The van der Waals surface area contributed by atoms with Crippen LogP contribution in [0.5, 0.6) is 0 Å². The Hall–Kier alpha value is -2.07. The highest BCUT2D eigenvalue weighted by atomic mass is 127. The van der Waals surface area contributed by atoms with Gasteiger partial charge < -0.3 is 5.32 Å². The van der Waals surface area contributed by atoms with E-state index in [4.69, 9.17) is 11.6 Å². The maximum Gasteiger partial charge on any atom is 0.416 e. The molecule has 0 aromatic heterocycles. The van der Waals surface area contributed by atoms with Crippen LogP contribution in [0.4, 0.5) is 24.5 Å². The fraction of sp³-hybridized carbons (Fsp3) is 0.111. The van der Waals surface area contributed by atoms with Crippen LogP contribution >= 0.6 is 34.2 Å². The monoisotopic (exact) mass is 506 g/mol. The largest absolute Gasteiger partial charge is 0.416 e. The van der Waals surface area contributed by atoms with Crippen molar-refractivity contribution in [3.8, 4) is 0 Å². The smallest absolute Gasteiger partial charge is 0.350 e. The first-order chi connectivity index (χ1) is 12.6. The van der Waals surface area contributed by atoms with Crippen LogP contribution in [0.1, 0.15) is 11.1 Å². The SMILES string of the molecule is Cc1cc(I)ccc1N1C(=O)C(Cl)=C(Nc2cccc(C(F)(F)F)c2)C1=O. The van der Waals surface area contributed by atoms with Gasteiger partial charge in [-0.05, 0) is 71.5 Å². The lowest BCUT2D eigenvalue weighted by Crippen LogP contribution is -2.32. The van der Waals surface area contributed by atoms with E-state index in [9.17, 15) is 22.8 Å². The molecule has 0 aliphatic carbocycles. The van der Waals surface area contributed by atoms with Crippen molar-refractivity contribution < 1.29 is 22.8 Å². The van der Waals surface area contributed by atoms with Crippen molar-refractivity contribution >= 4 is 57.4 Å². The number of carbonyl (C=O) groups is 2. The molecule has 2 amide bonds. The predicted octanol–water partition coefficient (Wildman–Crippen LogP) is 5.05. The Morgan fingerprint density at radius 1 is 1.07 bits per heavy atom. The van der Waals surface area contributed by atoms with Crippen molar-refractivity contribution in [3.05, 3.63) is 67.9 Å². The molecule has 0 saturated heterocycles. The third kappa shape index (κ3) is 3.81. The summed E-state index contributed by atoms with van der Waals surface area (Å²) in [6.45, 7) is 1.74. The van der Waals surface area contributed by atoms with Gasteiger partial charge in [-0.3, -0.25) is 9.59 Å². The van der Waals surface area contributed by atoms with Gasteiger partial charge in [-0.2, -0.15) is 13.2 Å². The number of nitrogens with zero attached hydrogens (tertiary/aromatic N) is 1. The van der Waals surface area contributed by atoms with E-state index < -0.39 is 23.6 Å². The Morgan fingerprint density at radius 2 is 1.78 bits per heavy atom. The van der Waals surface area contributed by atoms with Crippen molar-refractivity contribution in [2.45, 2.75) is 13.1 Å². The highest BCUT2D eigenvalue weighted by Gasteiger charge is 2.39. The molecule has 9 heteroatoms. The van der Waals surface area contributed by atoms with Crippen LogP contribution in [0.2, 0.25) is 0 Å². The van der Waals surface area contributed by atoms with Crippen LogP contribution < -0.4 is 10.2 Å². The molecule has 0 saturated carbocycles. The molecule has 2 aromatic rings. The van der Waals surface area contributed by atoms with Gasteiger partial charge in [0, 0.05) is 9.26 Å². The summed E-state index contributed by atoms with van der Waals surface area (Å²) in [6, 6.07) is 9.44. The molecule has 0 radical (unpaired) electrons. The summed E-state index contributed by atoms with van der Waals surface area (Å²) >= 11 is 8.11. The minimum atomic E-state index is -4.53. The fourth-order valence-corrected chi connectivity index (χ4v) is 3.48. The number of benzene rings is 2. The van der Waals surface area contributed by atoms with Crippen LogP contribution in [0.3, 0.4) is 0 Å². The summed E-state index contributed by atoms with van der Waals surface area (Å²) in [5.74, 6) is -1.47. The quantitative estimate of drug-likeness (QED) is 0.468. The first-order valence-corrected chi connectivity index (χ1v) is 9.04. The number of hydrogen-bond donors (Lipinski definition) is 1. The van der Waals surface area contributed by atoms with Gasteiger partial charge in [-0.1, -0.05) is 17.7 Å². The van der Waals surface area contributed by atoms with Crippen LogP contribution in [0, 0.1) is 10.5 Å². The van der Waals surface area contributed by atoms with E-state index in [2.05, 4.69) is 27.9 Å². The third-order valence-corrected chi connectivity index (χ3v) is 4.91. The van der Waals surface area contributed by atoms with Gasteiger partial charge in [0.05, 0.1) is 11.3 Å². The van der Waals surface area contributed by atoms with Gasteiger partial charge in [0.1, 0.15) is 10.7 Å². The number of anilines is 2. The number of carbonyl (C=O) groups excluding carboxylic acids is 2. The van der Waals surface area contributed by atoms with E-state index in [1.165, 1.54) is 12.1 Å². The van der Waals surface area contributed by atoms with E-state index in [0.29, 0.717) is 11.3 Å². The average Bonchev–Trinajstić information content (AvgIpc) is 2.79. The summed E-state index contributed by atoms with van der Waals surface area (Å²) in [5.41, 5.74) is -0.0941. The summed E-state index contributed by atoms with van der Waals surface area (Å²) in [7, 11) is 0. The zero-order valence-corrected chi connectivity index (χ0v) is 16.6. The Morgan fingerprint density at radius 3 is 2.41 bits per heavy atom. The molecule has 0 bridgehead atoms. The Labute approximate surface area is 171 Å². The van der Waals surface area contributed by atoms with Crippen molar-refractivity contribution in [1.82, 2.24) is 0 Å². The first kappa shape index (κ1) is 19.7. The molecule has 1 aliphatic rings. The van der Waals surface area contributed by atoms with Crippen molar-refractivity contribution in [3.63, 3.8) is 0 Å². The molecule has 1 heterocycles. The molecule has 0 fully saturated rings. The zero-order valence-electron chi connectivity index (χ0n) is 13.7. The Bertz CT molecular complexity index is 989. The van der Waals surface area contributed by atoms with Gasteiger partial charge >= 0.3 is 6.18 Å². The molecule has 27 heavy (non-hydrogen) atoms.